The first-order valence-electron chi connectivity index (χ1n) is 7.80. The van der Waals surface area contributed by atoms with Gasteiger partial charge < -0.3 is 5.11 Å². The van der Waals surface area contributed by atoms with Crippen LogP contribution in [0, 0.1) is 5.92 Å². The van der Waals surface area contributed by atoms with Crippen LogP contribution in [0.1, 0.15) is 23.6 Å². The maximum absolute atomic E-state index is 11.7. The van der Waals surface area contributed by atoms with Crippen LogP contribution in [0.4, 0.5) is 0 Å². The molecule has 1 fully saturated rings. The van der Waals surface area contributed by atoms with Gasteiger partial charge in [0.15, 0.2) is 0 Å². The van der Waals surface area contributed by atoms with Crippen molar-refractivity contribution in [2.75, 3.05) is 13.1 Å². The third-order valence-electron chi connectivity index (χ3n) is 4.40. The minimum Gasteiger partial charge on any atom is -0.480 e. The van der Waals surface area contributed by atoms with Crippen LogP contribution in [-0.2, 0) is 11.2 Å². The van der Waals surface area contributed by atoms with E-state index < -0.39 is 12.0 Å². The van der Waals surface area contributed by atoms with Crippen LogP contribution in [0.5, 0.6) is 0 Å². The van der Waals surface area contributed by atoms with Crippen LogP contribution in [0.2, 0.25) is 0 Å². The predicted molar refractivity (Wildman–Crippen MR) is 86.6 cm³/mol. The number of carboxylic acids is 1. The van der Waals surface area contributed by atoms with Crippen LogP contribution in [0.3, 0.4) is 0 Å². The van der Waals surface area contributed by atoms with E-state index in [1.165, 1.54) is 5.56 Å². The quantitative estimate of drug-likeness (QED) is 0.919. The van der Waals surface area contributed by atoms with E-state index in [9.17, 15) is 9.90 Å². The third-order valence-corrected chi connectivity index (χ3v) is 4.40. The molecule has 0 amide bonds. The van der Waals surface area contributed by atoms with Crippen molar-refractivity contribution in [3.8, 4) is 0 Å². The van der Waals surface area contributed by atoms with Crippen molar-refractivity contribution in [2.45, 2.75) is 18.9 Å². The molecule has 1 heterocycles. The van der Waals surface area contributed by atoms with Gasteiger partial charge in [-0.05, 0) is 36.4 Å². The average molecular weight is 295 g/mol. The predicted octanol–water partition coefficient (Wildman–Crippen LogP) is 3.38. The van der Waals surface area contributed by atoms with Gasteiger partial charge in [0.25, 0.3) is 0 Å². The molecule has 0 aromatic heterocycles. The molecule has 3 rings (SSSR count). The highest BCUT2D eigenvalue weighted by Gasteiger charge is 2.33. The second-order valence-corrected chi connectivity index (χ2v) is 5.99. The highest BCUT2D eigenvalue weighted by atomic mass is 16.4. The van der Waals surface area contributed by atoms with E-state index in [1.807, 2.05) is 36.4 Å². The smallest absolute Gasteiger partial charge is 0.325 e. The van der Waals surface area contributed by atoms with Crippen LogP contribution in [0.15, 0.2) is 60.7 Å². The highest BCUT2D eigenvalue weighted by molar-refractivity contribution is 5.75. The average Bonchev–Trinajstić information content (AvgIpc) is 2.97. The van der Waals surface area contributed by atoms with Crippen molar-refractivity contribution in [1.82, 2.24) is 4.90 Å². The van der Waals surface area contributed by atoms with E-state index in [0.717, 1.165) is 31.5 Å². The number of hydrogen-bond acceptors (Lipinski definition) is 2. The SMILES string of the molecule is O=C(O)C(c1ccccc1)N1CCC(Cc2ccccc2)C1. The summed E-state index contributed by atoms with van der Waals surface area (Å²) in [7, 11) is 0. The van der Waals surface area contributed by atoms with Gasteiger partial charge in [-0.1, -0.05) is 60.7 Å². The summed E-state index contributed by atoms with van der Waals surface area (Å²) in [6.45, 7) is 1.70. The number of rotatable bonds is 5. The molecule has 114 valence electrons. The van der Waals surface area contributed by atoms with Crippen molar-refractivity contribution in [3.05, 3.63) is 71.8 Å². The van der Waals surface area contributed by atoms with Crippen LogP contribution >= 0.6 is 0 Å². The summed E-state index contributed by atoms with van der Waals surface area (Å²) in [5, 5.41) is 9.62. The summed E-state index contributed by atoms with van der Waals surface area (Å²) >= 11 is 0. The molecule has 2 unspecified atom stereocenters. The maximum atomic E-state index is 11.7. The summed E-state index contributed by atoms with van der Waals surface area (Å²) < 4.78 is 0. The van der Waals surface area contributed by atoms with Crippen LogP contribution < -0.4 is 0 Å². The highest BCUT2D eigenvalue weighted by Crippen LogP contribution is 2.29. The summed E-state index contributed by atoms with van der Waals surface area (Å²) in [5.41, 5.74) is 2.20. The molecule has 1 aliphatic heterocycles. The first-order chi connectivity index (χ1) is 10.7. The zero-order valence-electron chi connectivity index (χ0n) is 12.6. The van der Waals surface area contributed by atoms with Gasteiger partial charge in [-0.2, -0.15) is 0 Å². The molecule has 0 spiro atoms. The minimum absolute atomic E-state index is 0.526. The second-order valence-electron chi connectivity index (χ2n) is 5.99. The van der Waals surface area contributed by atoms with Crippen LogP contribution in [0.25, 0.3) is 0 Å². The number of hydrogen-bond donors (Lipinski definition) is 1. The molecule has 0 aliphatic carbocycles. The van der Waals surface area contributed by atoms with Crippen molar-refractivity contribution in [3.63, 3.8) is 0 Å². The fourth-order valence-electron chi connectivity index (χ4n) is 3.36. The summed E-state index contributed by atoms with van der Waals surface area (Å²) in [4.78, 5) is 13.8. The van der Waals surface area contributed by atoms with E-state index in [-0.39, 0.29) is 0 Å². The van der Waals surface area contributed by atoms with Crippen molar-refractivity contribution in [1.29, 1.82) is 0 Å². The lowest BCUT2D eigenvalue weighted by Gasteiger charge is -2.24. The molecule has 0 bridgehead atoms. The Balaban J connectivity index is 1.69. The molecular formula is C19H21NO2. The Morgan fingerprint density at radius 2 is 1.73 bits per heavy atom. The lowest BCUT2D eigenvalue weighted by molar-refractivity contribution is -0.143. The van der Waals surface area contributed by atoms with Gasteiger partial charge in [0.1, 0.15) is 6.04 Å². The van der Waals surface area contributed by atoms with E-state index >= 15 is 0 Å². The van der Waals surface area contributed by atoms with Gasteiger partial charge in [0, 0.05) is 6.54 Å². The second kappa shape index (κ2) is 6.75. The number of likely N-dealkylation sites (tertiary alicyclic amines) is 1. The molecule has 1 aliphatic rings. The topological polar surface area (TPSA) is 40.5 Å². The molecule has 2 atom stereocenters. The lowest BCUT2D eigenvalue weighted by Crippen LogP contribution is -2.32. The van der Waals surface area contributed by atoms with Gasteiger partial charge >= 0.3 is 5.97 Å². The van der Waals surface area contributed by atoms with Gasteiger partial charge in [-0.3, -0.25) is 9.69 Å². The van der Waals surface area contributed by atoms with Gasteiger partial charge in [0.2, 0.25) is 0 Å². The largest absolute Gasteiger partial charge is 0.480 e. The Bertz CT molecular complexity index is 612. The first kappa shape index (κ1) is 14.8. The Labute approximate surface area is 131 Å². The molecule has 0 saturated carbocycles. The molecule has 2 aromatic carbocycles. The summed E-state index contributed by atoms with van der Waals surface area (Å²) in [6, 6.07) is 19.5. The van der Waals surface area contributed by atoms with E-state index in [4.69, 9.17) is 0 Å². The number of benzene rings is 2. The van der Waals surface area contributed by atoms with E-state index in [2.05, 4.69) is 29.2 Å². The lowest BCUT2D eigenvalue weighted by atomic mass is 9.99. The van der Waals surface area contributed by atoms with E-state index in [0.29, 0.717) is 5.92 Å². The van der Waals surface area contributed by atoms with Gasteiger partial charge in [0.05, 0.1) is 0 Å². The molecule has 1 saturated heterocycles. The maximum Gasteiger partial charge on any atom is 0.325 e. The van der Waals surface area contributed by atoms with Crippen molar-refractivity contribution < 1.29 is 9.90 Å². The Kier molecular flexibility index (Phi) is 4.54. The Morgan fingerprint density at radius 3 is 2.36 bits per heavy atom. The summed E-state index contributed by atoms with van der Waals surface area (Å²) in [5.74, 6) is -0.223. The molecule has 2 aromatic rings. The standard InChI is InChI=1S/C19H21NO2/c21-19(22)18(17-9-5-2-6-10-17)20-12-11-16(14-20)13-15-7-3-1-4-8-15/h1-10,16,18H,11-14H2,(H,21,22). The molecule has 3 nitrogen and oxygen atoms in total. The number of carboxylic acid groups (broad SMARTS) is 1. The number of nitrogens with zero attached hydrogens (tertiary/aromatic N) is 1. The van der Waals surface area contributed by atoms with E-state index in [1.54, 1.807) is 0 Å². The molecule has 3 heteroatoms. The minimum atomic E-state index is -0.758. The first-order valence-corrected chi connectivity index (χ1v) is 7.80. The third kappa shape index (κ3) is 3.37. The van der Waals surface area contributed by atoms with Crippen molar-refractivity contribution >= 4 is 5.97 Å². The molecule has 0 radical (unpaired) electrons. The summed E-state index contributed by atoms with van der Waals surface area (Å²) in [6.07, 6.45) is 2.09. The zero-order chi connectivity index (χ0) is 15.4. The fourth-order valence-corrected chi connectivity index (χ4v) is 3.36. The van der Waals surface area contributed by atoms with Gasteiger partial charge in [-0.15, -0.1) is 0 Å². The van der Waals surface area contributed by atoms with Crippen LogP contribution in [-0.4, -0.2) is 29.1 Å². The zero-order valence-corrected chi connectivity index (χ0v) is 12.6. The Morgan fingerprint density at radius 1 is 1.09 bits per heavy atom. The number of aliphatic carboxylic acids is 1. The van der Waals surface area contributed by atoms with Crippen molar-refractivity contribution in [2.24, 2.45) is 5.92 Å². The number of carbonyl (C=O) groups is 1. The molecule has 22 heavy (non-hydrogen) atoms. The molecular weight excluding hydrogens is 274 g/mol. The normalized spacial score (nSPS) is 19.9. The fraction of sp³-hybridized carbons (Fsp3) is 0.316. The van der Waals surface area contributed by atoms with Gasteiger partial charge in [-0.25, -0.2) is 0 Å². The Hall–Kier alpha value is -2.13. The molecule has 1 N–H and O–H groups in total. The monoisotopic (exact) mass is 295 g/mol.